The Morgan fingerprint density at radius 2 is 1.87 bits per heavy atom. The fourth-order valence-electron chi connectivity index (χ4n) is 6.81. The Bertz CT molecular complexity index is 626. The van der Waals surface area contributed by atoms with Crippen molar-refractivity contribution in [1.82, 2.24) is 0 Å². The molecular weight excluding hydrogens is 284 g/mol. The monoisotopic (exact) mass is 312 g/mol. The summed E-state index contributed by atoms with van der Waals surface area (Å²) in [5.41, 5.74) is 0.575. The predicted molar refractivity (Wildman–Crippen MR) is 90.5 cm³/mol. The van der Waals surface area contributed by atoms with Crippen molar-refractivity contribution in [2.24, 2.45) is 28.6 Å². The van der Waals surface area contributed by atoms with Gasteiger partial charge in [-0.15, -0.1) is 6.42 Å². The highest BCUT2D eigenvalue weighted by molar-refractivity contribution is 5.91. The number of aliphatic hydroxyl groups is 1. The van der Waals surface area contributed by atoms with E-state index in [1.165, 1.54) is 12.0 Å². The van der Waals surface area contributed by atoms with Crippen LogP contribution in [0, 0.1) is 40.9 Å². The molecular formula is C21H28O2. The first-order valence-corrected chi connectivity index (χ1v) is 9.28. The topological polar surface area (TPSA) is 37.3 Å². The van der Waals surface area contributed by atoms with E-state index in [1.807, 2.05) is 6.08 Å². The highest BCUT2D eigenvalue weighted by Gasteiger charge is 2.63. The molecule has 4 aliphatic carbocycles. The maximum Gasteiger partial charge on any atom is 0.155 e. The highest BCUT2D eigenvalue weighted by atomic mass is 16.3. The Kier molecular flexibility index (Phi) is 3.18. The van der Waals surface area contributed by atoms with Gasteiger partial charge < -0.3 is 5.11 Å². The Morgan fingerprint density at radius 1 is 1.13 bits per heavy atom. The van der Waals surface area contributed by atoms with Crippen LogP contribution < -0.4 is 0 Å². The number of hydrogen-bond donors (Lipinski definition) is 1. The molecule has 0 aromatic rings. The molecule has 0 unspecified atom stereocenters. The first kappa shape index (κ1) is 15.5. The van der Waals surface area contributed by atoms with Crippen LogP contribution in [-0.2, 0) is 4.79 Å². The summed E-state index contributed by atoms with van der Waals surface area (Å²) in [4.78, 5) is 11.8. The number of hydrogen-bond acceptors (Lipinski definition) is 2. The van der Waals surface area contributed by atoms with Crippen LogP contribution in [0.3, 0.4) is 0 Å². The van der Waals surface area contributed by atoms with Crippen molar-refractivity contribution in [2.45, 2.75) is 70.8 Å². The zero-order valence-corrected chi connectivity index (χ0v) is 14.4. The van der Waals surface area contributed by atoms with Gasteiger partial charge >= 0.3 is 0 Å². The molecule has 6 atom stereocenters. The van der Waals surface area contributed by atoms with Crippen LogP contribution in [0.4, 0.5) is 0 Å². The molecule has 0 saturated heterocycles. The minimum absolute atomic E-state index is 0.120. The van der Waals surface area contributed by atoms with E-state index in [9.17, 15) is 9.90 Å². The number of carbonyl (C=O) groups is 1. The van der Waals surface area contributed by atoms with Gasteiger partial charge in [0, 0.05) is 11.8 Å². The molecule has 0 bridgehead atoms. The molecule has 2 heteroatoms. The molecule has 3 saturated carbocycles. The zero-order chi connectivity index (χ0) is 16.5. The Labute approximate surface area is 139 Å². The summed E-state index contributed by atoms with van der Waals surface area (Å²) in [5.74, 6) is 4.93. The largest absolute Gasteiger partial charge is 0.377 e. The quantitative estimate of drug-likeness (QED) is 0.689. The first-order chi connectivity index (χ1) is 10.8. The minimum Gasteiger partial charge on any atom is -0.377 e. The molecule has 0 aliphatic heterocycles. The van der Waals surface area contributed by atoms with E-state index in [-0.39, 0.29) is 10.8 Å². The molecule has 0 heterocycles. The number of terminal acetylenes is 1. The molecule has 0 aromatic carbocycles. The lowest BCUT2D eigenvalue weighted by Gasteiger charge is -2.58. The average Bonchev–Trinajstić information content (AvgIpc) is 2.80. The van der Waals surface area contributed by atoms with Gasteiger partial charge in [-0.2, -0.15) is 0 Å². The lowest BCUT2D eigenvalue weighted by Crippen LogP contribution is -2.54. The van der Waals surface area contributed by atoms with Crippen LogP contribution in [0.15, 0.2) is 11.6 Å². The SMILES string of the molecule is C#C[C@]1(O)CC[C@@H]2[C@@H]3CCC4=CC(=O)CC[C@]4(C)[C@H]3CC[C@]21C. The van der Waals surface area contributed by atoms with Crippen molar-refractivity contribution >= 4 is 5.78 Å². The lowest BCUT2D eigenvalue weighted by molar-refractivity contribution is -0.119. The Morgan fingerprint density at radius 3 is 2.61 bits per heavy atom. The van der Waals surface area contributed by atoms with Gasteiger partial charge in [0.05, 0.1) is 0 Å². The summed E-state index contributed by atoms with van der Waals surface area (Å²) < 4.78 is 0. The van der Waals surface area contributed by atoms with Gasteiger partial charge in [-0.3, -0.25) is 4.79 Å². The third-order valence-corrected chi connectivity index (χ3v) is 8.35. The van der Waals surface area contributed by atoms with Gasteiger partial charge in [0.25, 0.3) is 0 Å². The molecule has 0 spiro atoms. The van der Waals surface area contributed by atoms with E-state index >= 15 is 0 Å². The number of allylic oxidation sites excluding steroid dienone is 1. The zero-order valence-electron chi connectivity index (χ0n) is 14.4. The Hall–Kier alpha value is -1.07. The molecule has 2 nitrogen and oxygen atoms in total. The number of ketones is 1. The molecule has 0 aromatic heterocycles. The van der Waals surface area contributed by atoms with Crippen LogP contribution >= 0.6 is 0 Å². The van der Waals surface area contributed by atoms with Crippen molar-refractivity contribution in [3.05, 3.63) is 11.6 Å². The van der Waals surface area contributed by atoms with Gasteiger partial charge in [0.2, 0.25) is 0 Å². The van der Waals surface area contributed by atoms with Crippen molar-refractivity contribution in [3.63, 3.8) is 0 Å². The summed E-state index contributed by atoms with van der Waals surface area (Å²) in [7, 11) is 0. The van der Waals surface area contributed by atoms with Crippen molar-refractivity contribution in [3.8, 4) is 12.3 Å². The fraction of sp³-hybridized carbons (Fsp3) is 0.762. The maximum absolute atomic E-state index is 11.8. The van der Waals surface area contributed by atoms with Gasteiger partial charge in [0.15, 0.2) is 5.78 Å². The molecule has 0 amide bonds. The van der Waals surface area contributed by atoms with E-state index in [4.69, 9.17) is 6.42 Å². The second kappa shape index (κ2) is 4.73. The van der Waals surface area contributed by atoms with Gasteiger partial charge in [-0.1, -0.05) is 25.3 Å². The van der Waals surface area contributed by atoms with Crippen LogP contribution in [0.5, 0.6) is 0 Å². The van der Waals surface area contributed by atoms with Gasteiger partial charge in [-0.25, -0.2) is 0 Å². The maximum atomic E-state index is 11.8. The fourth-order valence-corrected chi connectivity index (χ4v) is 6.81. The summed E-state index contributed by atoms with van der Waals surface area (Å²) in [6.45, 7) is 4.63. The van der Waals surface area contributed by atoms with E-state index in [0.717, 1.165) is 38.5 Å². The van der Waals surface area contributed by atoms with E-state index in [1.54, 1.807) is 0 Å². The van der Waals surface area contributed by atoms with Crippen LogP contribution in [-0.4, -0.2) is 16.5 Å². The van der Waals surface area contributed by atoms with Crippen LogP contribution in [0.1, 0.15) is 65.2 Å². The second-order valence-electron chi connectivity index (χ2n) is 8.97. The minimum atomic E-state index is -0.914. The van der Waals surface area contributed by atoms with E-state index in [0.29, 0.717) is 30.0 Å². The first-order valence-electron chi connectivity index (χ1n) is 9.28. The van der Waals surface area contributed by atoms with E-state index in [2.05, 4.69) is 19.8 Å². The third kappa shape index (κ3) is 1.84. The summed E-state index contributed by atoms with van der Waals surface area (Å²) in [6, 6.07) is 0. The van der Waals surface area contributed by atoms with Gasteiger partial charge in [0.1, 0.15) is 5.60 Å². The Balaban J connectivity index is 1.70. The second-order valence-corrected chi connectivity index (χ2v) is 8.97. The lowest BCUT2D eigenvalue weighted by atomic mass is 9.46. The van der Waals surface area contributed by atoms with Gasteiger partial charge in [-0.05, 0) is 74.2 Å². The smallest absolute Gasteiger partial charge is 0.155 e. The van der Waals surface area contributed by atoms with E-state index < -0.39 is 5.60 Å². The number of fused-ring (bicyclic) bond motifs is 5. The van der Waals surface area contributed by atoms with Crippen LogP contribution in [0.2, 0.25) is 0 Å². The molecule has 0 radical (unpaired) electrons. The summed E-state index contributed by atoms with van der Waals surface area (Å²) >= 11 is 0. The van der Waals surface area contributed by atoms with Crippen molar-refractivity contribution in [2.75, 3.05) is 0 Å². The molecule has 23 heavy (non-hydrogen) atoms. The normalized spacial score (nSPS) is 52.0. The summed E-state index contributed by atoms with van der Waals surface area (Å²) in [6.07, 6.45) is 15.6. The number of carbonyl (C=O) groups excluding carboxylic acids is 1. The number of rotatable bonds is 0. The molecule has 1 N–H and O–H groups in total. The molecule has 124 valence electrons. The summed E-state index contributed by atoms with van der Waals surface area (Å²) in [5, 5.41) is 11.0. The van der Waals surface area contributed by atoms with Crippen molar-refractivity contribution < 1.29 is 9.90 Å². The molecule has 4 rings (SSSR count). The van der Waals surface area contributed by atoms with Crippen molar-refractivity contribution in [1.29, 1.82) is 0 Å². The molecule has 3 fully saturated rings. The average molecular weight is 312 g/mol. The predicted octanol–water partition coefficient (Wildman–Crippen LogP) is 3.88. The molecule has 4 aliphatic rings. The standard InChI is InChI=1S/C21H28O2/c1-4-21(23)12-9-18-16-6-5-14-13-15(22)7-10-19(14,2)17(16)8-11-20(18,21)3/h1,13,16-18,23H,5-12H2,2-3H3/t16-,17+,18-,19+,20-,21+/m1/s1. The third-order valence-electron chi connectivity index (χ3n) is 8.35. The van der Waals surface area contributed by atoms with Crippen LogP contribution in [0.25, 0.3) is 0 Å². The highest BCUT2D eigenvalue weighted by Crippen LogP contribution is 2.67.